The lowest BCUT2D eigenvalue weighted by Crippen LogP contribution is -2.60. The van der Waals surface area contributed by atoms with Crippen LogP contribution in [-0.4, -0.2) is 42.3 Å². The molecule has 4 heteroatoms. The van der Waals surface area contributed by atoms with Crippen molar-refractivity contribution in [1.29, 1.82) is 0 Å². The number of likely N-dealkylation sites (tertiary alicyclic amines) is 1. The van der Waals surface area contributed by atoms with E-state index in [1.807, 2.05) is 0 Å². The molecule has 0 aromatic carbocycles. The lowest BCUT2D eigenvalue weighted by atomic mass is 9.85. The summed E-state index contributed by atoms with van der Waals surface area (Å²) in [4.78, 5) is 2.58. The number of piperidine rings is 1. The molecular formula is C15H33N3O. The van der Waals surface area contributed by atoms with Gasteiger partial charge in [0.1, 0.15) is 0 Å². The molecule has 1 aliphatic rings. The highest BCUT2D eigenvalue weighted by molar-refractivity contribution is 4.94. The fourth-order valence-electron chi connectivity index (χ4n) is 2.93. The number of methoxy groups -OCH3 is 1. The van der Waals surface area contributed by atoms with Gasteiger partial charge in [-0.3, -0.25) is 16.2 Å². The van der Waals surface area contributed by atoms with Crippen LogP contribution in [0.4, 0.5) is 0 Å². The highest BCUT2D eigenvalue weighted by Crippen LogP contribution is 2.28. The Morgan fingerprint density at radius 2 is 1.74 bits per heavy atom. The van der Waals surface area contributed by atoms with E-state index >= 15 is 0 Å². The first-order valence-electron chi connectivity index (χ1n) is 7.60. The zero-order valence-electron chi connectivity index (χ0n) is 13.5. The maximum Gasteiger partial charge on any atom is 0.0623 e. The van der Waals surface area contributed by atoms with Gasteiger partial charge in [0, 0.05) is 18.7 Å². The molecule has 114 valence electrons. The molecule has 0 aromatic rings. The van der Waals surface area contributed by atoms with Crippen LogP contribution in [0.1, 0.15) is 59.8 Å². The predicted molar refractivity (Wildman–Crippen MR) is 80.9 cm³/mol. The summed E-state index contributed by atoms with van der Waals surface area (Å²) < 4.78 is 5.51. The van der Waals surface area contributed by atoms with Gasteiger partial charge in [-0.15, -0.1) is 0 Å². The maximum atomic E-state index is 5.82. The molecule has 0 amide bonds. The van der Waals surface area contributed by atoms with E-state index in [4.69, 9.17) is 10.6 Å². The van der Waals surface area contributed by atoms with Crippen LogP contribution < -0.4 is 11.3 Å². The van der Waals surface area contributed by atoms with Gasteiger partial charge in [0.2, 0.25) is 0 Å². The SMILES string of the molecule is COC(C)(C)CCC(NN)C(C)(C)N1CCCCC1. The average Bonchev–Trinajstić information content (AvgIpc) is 2.40. The minimum atomic E-state index is -0.0763. The number of nitrogens with zero attached hydrogens (tertiary/aromatic N) is 1. The molecule has 1 rings (SSSR count). The molecule has 19 heavy (non-hydrogen) atoms. The number of hydrazine groups is 1. The van der Waals surface area contributed by atoms with E-state index < -0.39 is 0 Å². The third kappa shape index (κ3) is 4.71. The van der Waals surface area contributed by atoms with Gasteiger partial charge in [-0.2, -0.15) is 0 Å². The van der Waals surface area contributed by atoms with Crippen LogP contribution in [0, 0.1) is 0 Å². The van der Waals surface area contributed by atoms with Gasteiger partial charge in [-0.25, -0.2) is 0 Å². The number of hydrogen-bond donors (Lipinski definition) is 2. The second-order valence-corrected chi connectivity index (χ2v) is 6.92. The first kappa shape index (κ1) is 16.9. The summed E-state index contributed by atoms with van der Waals surface area (Å²) in [5.41, 5.74) is 3.06. The quantitative estimate of drug-likeness (QED) is 0.551. The molecule has 0 aromatic heterocycles. The van der Waals surface area contributed by atoms with Gasteiger partial charge < -0.3 is 4.74 Å². The van der Waals surface area contributed by atoms with Gasteiger partial charge in [-0.05, 0) is 66.5 Å². The number of ether oxygens (including phenoxy) is 1. The fraction of sp³-hybridized carbons (Fsp3) is 1.00. The number of nitrogens with one attached hydrogen (secondary N) is 1. The Morgan fingerprint density at radius 1 is 1.16 bits per heavy atom. The Labute approximate surface area is 119 Å². The third-order valence-corrected chi connectivity index (χ3v) is 4.81. The molecular weight excluding hydrogens is 238 g/mol. The van der Waals surface area contributed by atoms with Crippen molar-refractivity contribution < 1.29 is 4.74 Å². The molecule has 1 atom stereocenters. The van der Waals surface area contributed by atoms with Crippen molar-refractivity contribution in [2.24, 2.45) is 5.84 Å². The molecule has 0 aliphatic carbocycles. The van der Waals surface area contributed by atoms with Crippen molar-refractivity contribution in [2.75, 3.05) is 20.2 Å². The van der Waals surface area contributed by atoms with E-state index in [-0.39, 0.29) is 11.1 Å². The molecule has 0 radical (unpaired) electrons. The molecule has 4 nitrogen and oxygen atoms in total. The molecule has 0 bridgehead atoms. The zero-order valence-corrected chi connectivity index (χ0v) is 13.5. The first-order valence-corrected chi connectivity index (χ1v) is 7.60. The average molecular weight is 271 g/mol. The summed E-state index contributed by atoms with van der Waals surface area (Å²) in [5.74, 6) is 5.82. The Hall–Kier alpha value is -0.160. The summed E-state index contributed by atoms with van der Waals surface area (Å²) >= 11 is 0. The predicted octanol–water partition coefficient (Wildman–Crippen LogP) is 2.29. The molecule has 0 spiro atoms. The highest BCUT2D eigenvalue weighted by atomic mass is 16.5. The minimum absolute atomic E-state index is 0.0763. The van der Waals surface area contributed by atoms with Crippen molar-refractivity contribution in [3.63, 3.8) is 0 Å². The van der Waals surface area contributed by atoms with E-state index in [1.54, 1.807) is 7.11 Å². The largest absolute Gasteiger partial charge is 0.379 e. The number of hydrogen-bond acceptors (Lipinski definition) is 4. The Balaban J connectivity index is 2.60. The summed E-state index contributed by atoms with van der Waals surface area (Å²) in [6, 6.07) is 0.292. The topological polar surface area (TPSA) is 50.5 Å². The second kappa shape index (κ2) is 7.02. The van der Waals surface area contributed by atoms with Crippen molar-refractivity contribution in [3.8, 4) is 0 Å². The Morgan fingerprint density at radius 3 is 2.21 bits per heavy atom. The third-order valence-electron chi connectivity index (χ3n) is 4.81. The van der Waals surface area contributed by atoms with E-state index in [0.717, 1.165) is 12.8 Å². The Kier molecular flexibility index (Phi) is 6.24. The van der Waals surface area contributed by atoms with Crippen molar-refractivity contribution in [3.05, 3.63) is 0 Å². The fourth-order valence-corrected chi connectivity index (χ4v) is 2.93. The van der Waals surface area contributed by atoms with Crippen LogP contribution in [0.15, 0.2) is 0 Å². The van der Waals surface area contributed by atoms with E-state index in [1.165, 1.54) is 32.4 Å². The van der Waals surface area contributed by atoms with Crippen LogP contribution in [0.2, 0.25) is 0 Å². The van der Waals surface area contributed by atoms with E-state index in [9.17, 15) is 0 Å². The van der Waals surface area contributed by atoms with Crippen LogP contribution in [0.3, 0.4) is 0 Å². The first-order chi connectivity index (χ1) is 8.83. The van der Waals surface area contributed by atoms with Gasteiger partial charge in [0.25, 0.3) is 0 Å². The van der Waals surface area contributed by atoms with Crippen LogP contribution in [0.5, 0.6) is 0 Å². The smallest absolute Gasteiger partial charge is 0.0623 e. The summed E-state index contributed by atoms with van der Waals surface area (Å²) in [7, 11) is 1.78. The molecule has 1 fully saturated rings. The van der Waals surface area contributed by atoms with Crippen LogP contribution in [-0.2, 0) is 4.74 Å². The second-order valence-electron chi connectivity index (χ2n) is 6.92. The van der Waals surface area contributed by atoms with Crippen LogP contribution in [0.25, 0.3) is 0 Å². The zero-order chi connectivity index (χ0) is 14.5. The lowest BCUT2D eigenvalue weighted by molar-refractivity contribution is 0.000677. The molecule has 1 aliphatic heterocycles. The van der Waals surface area contributed by atoms with Gasteiger partial charge in [-0.1, -0.05) is 6.42 Å². The van der Waals surface area contributed by atoms with Crippen molar-refractivity contribution in [2.45, 2.75) is 77.0 Å². The summed E-state index contributed by atoms with van der Waals surface area (Å²) in [6.07, 6.45) is 6.02. The normalized spacial score (nSPS) is 20.5. The summed E-state index contributed by atoms with van der Waals surface area (Å²) in [6.45, 7) is 11.3. The van der Waals surface area contributed by atoms with Gasteiger partial charge in [0.05, 0.1) is 5.60 Å². The van der Waals surface area contributed by atoms with Crippen LogP contribution >= 0.6 is 0 Å². The van der Waals surface area contributed by atoms with Crippen molar-refractivity contribution >= 4 is 0 Å². The molecule has 1 saturated heterocycles. The number of rotatable bonds is 7. The van der Waals surface area contributed by atoms with Crippen molar-refractivity contribution in [1.82, 2.24) is 10.3 Å². The molecule has 3 N–H and O–H groups in total. The highest BCUT2D eigenvalue weighted by Gasteiger charge is 2.36. The van der Waals surface area contributed by atoms with E-state index in [2.05, 4.69) is 38.0 Å². The molecule has 1 heterocycles. The summed E-state index contributed by atoms with van der Waals surface area (Å²) in [5, 5.41) is 0. The molecule has 1 unspecified atom stereocenters. The lowest BCUT2D eigenvalue weighted by Gasteiger charge is -2.46. The number of nitrogens with two attached hydrogens (primary N) is 1. The maximum absolute atomic E-state index is 5.82. The Bertz CT molecular complexity index is 260. The van der Waals surface area contributed by atoms with Gasteiger partial charge in [0.15, 0.2) is 0 Å². The monoisotopic (exact) mass is 271 g/mol. The van der Waals surface area contributed by atoms with Gasteiger partial charge >= 0.3 is 0 Å². The van der Waals surface area contributed by atoms with E-state index in [0.29, 0.717) is 6.04 Å². The molecule has 0 saturated carbocycles. The minimum Gasteiger partial charge on any atom is -0.379 e. The standard InChI is InChI=1S/C15H33N3O/c1-14(2,19-5)10-9-13(17-16)15(3,4)18-11-7-6-8-12-18/h13,17H,6-12,16H2,1-5H3.